The Morgan fingerprint density at radius 3 is 2.61 bits per heavy atom. The van der Waals surface area contributed by atoms with E-state index >= 15 is 0 Å². The Balaban J connectivity index is 2.26. The Bertz CT molecular complexity index is 481. The van der Waals surface area contributed by atoms with E-state index in [2.05, 4.69) is 5.32 Å². The molecule has 1 aromatic rings. The molecule has 0 aliphatic carbocycles. The first-order valence-corrected chi connectivity index (χ1v) is 5.84. The van der Waals surface area contributed by atoms with Crippen molar-refractivity contribution in [2.24, 2.45) is 0 Å². The number of nitro benzene ring substituents is 1. The molecule has 1 amide bonds. The Morgan fingerprint density at radius 1 is 1.33 bits per heavy atom. The number of non-ortho nitro benzene ring substituents is 1. The lowest BCUT2D eigenvalue weighted by atomic mass is 10.1. The van der Waals surface area contributed by atoms with Crippen LogP contribution in [0.5, 0.6) is 0 Å². The van der Waals surface area contributed by atoms with E-state index in [1.807, 2.05) is 0 Å². The van der Waals surface area contributed by atoms with Crippen molar-refractivity contribution in [3.05, 3.63) is 39.4 Å². The molecule has 1 fully saturated rings. The third kappa shape index (κ3) is 2.65. The highest BCUT2D eigenvalue weighted by Crippen LogP contribution is 2.18. The van der Waals surface area contributed by atoms with E-state index in [9.17, 15) is 14.9 Å². The molecule has 0 radical (unpaired) electrons. The lowest BCUT2D eigenvalue weighted by Crippen LogP contribution is -2.46. The van der Waals surface area contributed by atoms with Crippen LogP contribution < -0.4 is 5.32 Å². The molecule has 0 bridgehead atoms. The molecule has 0 aromatic heterocycles. The van der Waals surface area contributed by atoms with Gasteiger partial charge in [0.2, 0.25) is 0 Å². The summed E-state index contributed by atoms with van der Waals surface area (Å²) in [4.78, 5) is 24.2. The molecule has 0 unspecified atom stereocenters. The van der Waals surface area contributed by atoms with Gasteiger partial charge in [-0.3, -0.25) is 14.9 Å². The van der Waals surface area contributed by atoms with Gasteiger partial charge in [0.1, 0.15) is 0 Å². The normalized spacial score (nSPS) is 15.5. The van der Waals surface area contributed by atoms with Crippen molar-refractivity contribution in [1.29, 1.82) is 0 Å². The lowest BCUT2D eigenvalue weighted by Gasteiger charge is -2.27. The van der Waals surface area contributed by atoms with E-state index in [0.29, 0.717) is 18.7 Å². The van der Waals surface area contributed by atoms with E-state index in [4.69, 9.17) is 0 Å². The van der Waals surface area contributed by atoms with Gasteiger partial charge < -0.3 is 10.2 Å². The molecule has 0 spiro atoms. The number of benzene rings is 1. The maximum absolute atomic E-state index is 12.2. The van der Waals surface area contributed by atoms with E-state index in [1.165, 1.54) is 12.1 Å². The fourth-order valence-electron chi connectivity index (χ4n) is 2.04. The molecule has 1 aliphatic rings. The summed E-state index contributed by atoms with van der Waals surface area (Å²) in [6, 6.07) is 4.50. The number of nitrogens with zero attached hydrogens (tertiary/aromatic N) is 2. The molecule has 96 valence electrons. The standard InChI is InChI=1S/C12H15N3O3/c1-9-6-10(8-11(7-9)15(17)18)12(16)14-4-2-13-3-5-14/h6-8,13H,2-5H2,1H3. The number of carbonyl (C=O) groups is 1. The quantitative estimate of drug-likeness (QED) is 0.625. The van der Waals surface area contributed by atoms with Gasteiger partial charge in [0.15, 0.2) is 0 Å². The monoisotopic (exact) mass is 249 g/mol. The van der Waals surface area contributed by atoms with Crippen LogP contribution in [0.4, 0.5) is 5.69 Å². The number of nitrogens with one attached hydrogen (secondary N) is 1. The van der Waals surface area contributed by atoms with E-state index in [1.54, 1.807) is 17.9 Å². The zero-order valence-corrected chi connectivity index (χ0v) is 10.2. The molecule has 0 saturated carbocycles. The fourth-order valence-corrected chi connectivity index (χ4v) is 2.04. The fraction of sp³-hybridized carbons (Fsp3) is 0.417. The number of aryl methyl sites for hydroxylation is 1. The van der Waals surface area contributed by atoms with Gasteiger partial charge in [0, 0.05) is 43.9 Å². The summed E-state index contributed by atoms with van der Waals surface area (Å²) < 4.78 is 0. The minimum Gasteiger partial charge on any atom is -0.336 e. The van der Waals surface area contributed by atoms with Crippen LogP contribution in [0.25, 0.3) is 0 Å². The number of carbonyl (C=O) groups excluding carboxylic acids is 1. The first-order valence-electron chi connectivity index (χ1n) is 5.84. The maximum Gasteiger partial charge on any atom is 0.270 e. The van der Waals surface area contributed by atoms with Crippen LogP contribution in [0.1, 0.15) is 15.9 Å². The smallest absolute Gasteiger partial charge is 0.270 e. The third-order valence-electron chi connectivity index (χ3n) is 2.92. The van der Waals surface area contributed by atoms with Crippen molar-refractivity contribution >= 4 is 11.6 Å². The van der Waals surface area contributed by atoms with Crippen LogP contribution in [0, 0.1) is 17.0 Å². The van der Waals surface area contributed by atoms with Crippen molar-refractivity contribution in [2.75, 3.05) is 26.2 Å². The van der Waals surface area contributed by atoms with Gasteiger partial charge >= 0.3 is 0 Å². The number of hydrogen-bond acceptors (Lipinski definition) is 4. The highest BCUT2D eigenvalue weighted by Gasteiger charge is 2.20. The molecule has 6 heteroatoms. The summed E-state index contributed by atoms with van der Waals surface area (Å²) in [5.41, 5.74) is 1.08. The Labute approximate surface area is 105 Å². The highest BCUT2D eigenvalue weighted by atomic mass is 16.6. The van der Waals surface area contributed by atoms with Crippen LogP contribution >= 0.6 is 0 Å². The zero-order valence-electron chi connectivity index (χ0n) is 10.2. The molecule has 18 heavy (non-hydrogen) atoms. The second kappa shape index (κ2) is 5.14. The molecule has 2 rings (SSSR count). The summed E-state index contributed by atoms with van der Waals surface area (Å²) in [7, 11) is 0. The first kappa shape index (κ1) is 12.5. The second-order valence-electron chi connectivity index (χ2n) is 4.36. The number of nitro groups is 1. The first-order chi connectivity index (χ1) is 8.58. The van der Waals surface area contributed by atoms with E-state index < -0.39 is 4.92 Å². The summed E-state index contributed by atoms with van der Waals surface area (Å²) in [6.45, 7) is 4.56. The van der Waals surface area contributed by atoms with Crippen LogP contribution in [-0.2, 0) is 0 Å². The SMILES string of the molecule is Cc1cc(C(=O)N2CCNCC2)cc([N+](=O)[O-])c1. The van der Waals surface area contributed by atoms with Crippen molar-refractivity contribution in [2.45, 2.75) is 6.92 Å². The summed E-state index contributed by atoms with van der Waals surface area (Å²) in [5, 5.41) is 13.9. The minimum absolute atomic E-state index is 0.0338. The van der Waals surface area contributed by atoms with Gasteiger partial charge in [0.25, 0.3) is 11.6 Å². The van der Waals surface area contributed by atoms with Crippen molar-refractivity contribution in [3.8, 4) is 0 Å². The molecular formula is C12H15N3O3. The largest absolute Gasteiger partial charge is 0.336 e. The molecule has 6 nitrogen and oxygen atoms in total. The lowest BCUT2D eigenvalue weighted by molar-refractivity contribution is -0.384. The average Bonchev–Trinajstić information content (AvgIpc) is 2.38. The number of piperazine rings is 1. The maximum atomic E-state index is 12.2. The number of hydrogen-bond donors (Lipinski definition) is 1. The van der Waals surface area contributed by atoms with Gasteiger partial charge in [-0.15, -0.1) is 0 Å². The predicted octanol–water partition coefficient (Wildman–Crippen LogP) is 0.949. The number of amides is 1. The van der Waals surface area contributed by atoms with Gasteiger partial charge in [-0.1, -0.05) is 0 Å². The highest BCUT2D eigenvalue weighted by molar-refractivity contribution is 5.95. The van der Waals surface area contributed by atoms with Crippen molar-refractivity contribution in [1.82, 2.24) is 10.2 Å². The number of rotatable bonds is 2. The van der Waals surface area contributed by atoms with E-state index in [0.717, 1.165) is 18.7 Å². The zero-order chi connectivity index (χ0) is 13.1. The third-order valence-corrected chi connectivity index (χ3v) is 2.92. The summed E-state index contributed by atoms with van der Waals surface area (Å²) >= 11 is 0. The Morgan fingerprint density at radius 2 is 2.00 bits per heavy atom. The van der Waals surface area contributed by atoms with Crippen molar-refractivity contribution < 1.29 is 9.72 Å². The molecule has 1 aromatic carbocycles. The minimum atomic E-state index is -0.471. The Hall–Kier alpha value is -1.95. The van der Waals surface area contributed by atoms with Crippen LogP contribution in [0.15, 0.2) is 18.2 Å². The van der Waals surface area contributed by atoms with Crippen LogP contribution in [0.2, 0.25) is 0 Å². The molecule has 1 aliphatic heterocycles. The summed E-state index contributed by atoms with van der Waals surface area (Å²) in [6.07, 6.45) is 0. The van der Waals surface area contributed by atoms with Gasteiger partial charge in [-0.05, 0) is 18.6 Å². The molecule has 1 N–H and O–H groups in total. The Kier molecular flexibility index (Phi) is 3.57. The molecule has 1 saturated heterocycles. The molecule has 0 atom stereocenters. The van der Waals surface area contributed by atoms with Crippen molar-refractivity contribution in [3.63, 3.8) is 0 Å². The van der Waals surface area contributed by atoms with Gasteiger partial charge in [-0.25, -0.2) is 0 Å². The van der Waals surface area contributed by atoms with Crippen LogP contribution in [0.3, 0.4) is 0 Å². The average molecular weight is 249 g/mol. The topological polar surface area (TPSA) is 75.5 Å². The predicted molar refractivity (Wildman–Crippen MR) is 66.6 cm³/mol. The van der Waals surface area contributed by atoms with E-state index in [-0.39, 0.29) is 11.6 Å². The van der Waals surface area contributed by atoms with Gasteiger partial charge in [0.05, 0.1) is 4.92 Å². The molecule has 1 heterocycles. The van der Waals surface area contributed by atoms with Gasteiger partial charge in [-0.2, -0.15) is 0 Å². The van der Waals surface area contributed by atoms with Crippen LogP contribution in [-0.4, -0.2) is 41.9 Å². The molecular weight excluding hydrogens is 234 g/mol. The second-order valence-corrected chi connectivity index (χ2v) is 4.36. The summed E-state index contributed by atoms with van der Waals surface area (Å²) in [5.74, 6) is -0.136.